The number of fused-ring (bicyclic) bond motifs is 2. The van der Waals surface area contributed by atoms with E-state index in [0.29, 0.717) is 34.4 Å². The standard InChI is InChI=1S/C84H103N9O15/c1-50(85-6)72(94)44-62(37-52-17-9-8-10-18-52)80(101)93-49-66-47-71(93)79(100)88-67(42-55-25-29-57-19-11-13-21-60(57)39-55)73(95)45-63(82(103)104)38-53-23-31-59(32-24-53)76(97)87-64-46-70(92(48-64)81(102)74(84(3,4)5)91-75(96)51(2)86-7)78(99)89-68(43-56-26-30-58-20-12-14-22-61(58)40-56)77(98)90-69(83(105)106)41-54-27-33-65(34-28-54)107-35-15-16-36-108-66/h11-16,19-34,39-40,50-52,62-64,66-71,74,85-86H,8-10,17-18,35-38,41-49H2,1-7H3,(H,87,97)(H,88,100)(H,89,99)(H,90,98)(H,91,96)(H,103,104)(H,105,106)/b16-15+/t50-,51-,62+,63+,64-,66-,67-,68-,69-,70-,71-,74+/m0/s1. The predicted octanol–water partition coefficient (Wildman–Crippen LogP) is 7.39. The van der Waals surface area contributed by atoms with Crippen LogP contribution >= 0.6 is 0 Å². The molecule has 7 aliphatic rings. The Morgan fingerprint density at radius 2 is 1.15 bits per heavy atom. The number of likely N-dealkylation sites (N-methyl/N-ethyl adjacent to an activating group) is 2. The lowest BCUT2D eigenvalue weighted by Gasteiger charge is -2.36. The van der Waals surface area contributed by atoms with Crippen molar-refractivity contribution in [3.63, 3.8) is 0 Å². The molecule has 0 radical (unpaired) electrons. The lowest BCUT2D eigenvalue weighted by atomic mass is 9.80. The van der Waals surface area contributed by atoms with Crippen LogP contribution in [0.15, 0.2) is 146 Å². The van der Waals surface area contributed by atoms with Crippen LogP contribution in [0.3, 0.4) is 0 Å². The van der Waals surface area contributed by atoms with Gasteiger partial charge < -0.3 is 66.7 Å². The van der Waals surface area contributed by atoms with Crippen molar-refractivity contribution in [1.29, 1.82) is 0 Å². The summed E-state index contributed by atoms with van der Waals surface area (Å²) in [6.45, 7) is 8.55. The number of nitrogens with one attached hydrogen (secondary N) is 7. The van der Waals surface area contributed by atoms with E-state index in [1.807, 2.05) is 78.9 Å². The van der Waals surface area contributed by atoms with Crippen LogP contribution in [0.2, 0.25) is 0 Å². The van der Waals surface area contributed by atoms with Gasteiger partial charge in [-0.15, -0.1) is 0 Å². The Balaban J connectivity index is 0.974. The van der Waals surface area contributed by atoms with Crippen LogP contribution in [0, 0.1) is 23.2 Å². The summed E-state index contributed by atoms with van der Waals surface area (Å²) in [6.07, 6.45) is 6.99. The zero-order valence-corrected chi connectivity index (χ0v) is 62.7. The van der Waals surface area contributed by atoms with Crippen molar-refractivity contribution in [2.45, 2.75) is 185 Å². The van der Waals surface area contributed by atoms with Gasteiger partial charge in [0, 0.05) is 62.7 Å². The van der Waals surface area contributed by atoms with E-state index in [-0.39, 0.29) is 94.4 Å². The van der Waals surface area contributed by atoms with Crippen molar-refractivity contribution in [1.82, 2.24) is 47.0 Å². The molecule has 8 bridgehead atoms. The number of rotatable bonds is 17. The van der Waals surface area contributed by atoms with E-state index < -0.39 is 137 Å². The highest BCUT2D eigenvalue weighted by atomic mass is 16.5. The average molecular weight is 1480 g/mol. The number of nitrogens with zero attached hydrogens (tertiary/aromatic N) is 2. The molecule has 6 aromatic carbocycles. The van der Waals surface area contributed by atoms with Gasteiger partial charge in [-0.2, -0.15) is 0 Å². The molecular weight excluding hydrogens is 1370 g/mol. The molecule has 108 heavy (non-hydrogen) atoms. The van der Waals surface area contributed by atoms with Gasteiger partial charge in [-0.05, 0) is 139 Å². The van der Waals surface area contributed by atoms with Gasteiger partial charge in [-0.25, -0.2) is 4.79 Å². The molecule has 0 unspecified atom stereocenters. The maximum Gasteiger partial charge on any atom is 0.326 e. The van der Waals surface area contributed by atoms with Crippen LogP contribution in [-0.4, -0.2) is 186 Å². The van der Waals surface area contributed by atoms with Gasteiger partial charge in [0.15, 0.2) is 5.78 Å². The first-order chi connectivity index (χ1) is 51.7. The first-order valence-electron chi connectivity index (χ1n) is 37.7. The second-order valence-electron chi connectivity index (χ2n) is 30.6. The Kier molecular flexibility index (Phi) is 27.6. The Morgan fingerprint density at radius 1 is 0.583 bits per heavy atom. The van der Waals surface area contributed by atoms with Crippen LogP contribution in [0.1, 0.15) is 131 Å². The second-order valence-corrected chi connectivity index (χ2v) is 30.6. The predicted molar refractivity (Wildman–Crippen MR) is 408 cm³/mol. The summed E-state index contributed by atoms with van der Waals surface area (Å²) < 4.78 is 12.5. The van der Waals surface area contributed by atoms with Gasteiger partial charge in [0.1, 0.15) is 48.3 Å². The molecule has 0 spiro atoms. The number of hydrogen-bond donors (Lipinski definition) is 9. The maximum atomic E-state index is 15.3. The Hall–Kier alpha value is -10.2. The third kappa shape index (κ3) is 21.4. The van der Waals surface area contributed by atoms with Gasteiger partial charge in [0.2, 0.25) is 35.4 Å². The maximum absolute atomic E-state index is 15.3. The lowest BCUT2D eigenvalue weighted by Crippen LogP contribution is -2.61. The zero-order chi connectivity index (χ0) is 77.3. The van der Waals surface area contributed by atoms with Crippen molar-refractivity contribution >= 4 is 86.4 Å². The van der Waals surface area contributed by atoms with Crippen molar-refractivity contribution < 1.29 is 72.4 Å². The minimum Gasteiger partial charge on any atom is -0.490 e. The largest absolute Gasteiger partial charge is 0.490 e. The number of carbonyl (C=O) groups excluding carboxylic acids is 9. The van der Waals surface area contributed by atoms with E-state index >= 15 is 24.0 Å². The number of benzene rings is 6. The average Bonchev–Trinajstić information content (AvgIpc) is 1.62. The van der Waals surface area contributed by atoms with Crippen molar-refractivity contribution in [2.75, 3.05) is 40.4 Å². The summed E-state index contributed by atoms with van der Waals surface area (Å²) in [4.78, 5) is 162. The Bertz CT molecular complexity index is 4270. The SMILES string of the molecule is CN[C@@H](C)C(=O)C[C@@H](CC1CCCCC1)C(=O)N1C[C@@H]2C[C@H]1C(=O)N[C@@H](Cc1ccc3ccccc3c1)C(=O)C[C@H](C(=O)O)Cc1ccc(cc1)C(=O)N[C@H]1C[C@@H](C(=O)N[C@@H](Cc3ccc4ccccc4c3)C(=O)N[C@H](C(=O)O)Cc3ccc(cc3)OC/C=C/CO2)N(C(=O)[C@@H](NC(=O)[C@H](C)NC)C(C)(C)C)C1. The van der Waals surface area contributed by atoms with Gasteiger partial charge in [-0.1, -0.05) is 168 Å². The summed E-state index contributed by atoms with van der Waals surface area (Å²) in [7, 11) is 3.28. The molecule has 24 nitrogen and oxygen atoms in total. The van der Waals surface area contributed by atoms with E-state index in [4.69, 9.17) is 9.47 Å². The molecule has 3 fully saturated rings. The van der Waals surface area contributed by atoms with Gasteiger partial charge >= 0.3 is 11.9 Å². The van der Waals surface area contributed by atoms with E-state index in [2.05, 4.69) is 37.2 Å². The number of ether oxygens (including phenoxy) is 2. The third-order valence-corrected chi connectivity index (χ3v) is 21.6. The van der Waals surface area contributed by atoms with Crippen molar-refractivity contribution in [3.8, 4) is 5.75 Å². The smallest absolute Gasteiger partial charge is 0.326 e. The second kappa shape index (κ2) is 37.1. The van der Waals surface area contributed by atoms with Crippen molar-refractivity contribution in [2.24, 2.45) is 23.2 Å². The van der Waals surface area contributed by atoms with Gasteiger partial charge in [-0.3, -0.25) is 47.9 Å². The van der Waals surface area contributed by atoms with Crippen LogP contribution in [0.5, 0.6) is 5.75 Å². The van der Waals surface area contributed by atoms with Gasteiger partial charge in [0.05, 0.1) is 36.8 Å². The molecule has 6 aromatic rings. The lowest BCUT2D eigenvalue weighted by molar-refractivity contribution is -0.145. The highest BCUT2D eigenvalue weighted by Crippen LogP contribution is 2.35. The van der Waals surface area contributed by atoms with E-state index in [1.165, 1.54) is 21.9 Å². The van der Waals surface area contributed by atoms with E-state index in [9.17, 15) is 39.0 Å². The molecule has 13 rings (SSSR count). The third-order valence-electron chi connectivity index (χ3n) is 21.6. The molecular formula is C84H103N9O15. The number of carboxylic acids is 2. The van der Waals surface area contributed by atoms with E-state index in [1.54, 1.807) is 103 Å². The fourth-order valence-corrected chi connectivity index (χ4v) is 15.0. The first-order valence-corrected chi connectivity index (χ1v) is 37.7. The molecule has 9 N–H and O–H groups in total. The summed E-state index contributed by atoms with van der Waals surface area (Å²) in [6, 6.07) is 29.1. The number of ketones is 2. The molecule has 12 atom stereocenters. The fourth-order valence-electron chi connectivity index (χ4n) is 15.0. The summed E-state index contributed by atoms with van der Waals surface area (Å²) in [5, 5.41) is 45.4. The first kappa shape index (κ1) is 80.4. The van der Waals surface area contributed by atoms with Crippen LogP contribution < -0.4 is 42.0 Å². The summed E-state index contributed by atoms with van der Waals surface area (Å²) >= 11 is 0. The number of amides is 7. The molecule has 574 valence electrons. The quantitative estimate of drug-likeness (QED) is 0.0402. The number of likely N-dealkylation sites (tertiary alicyclic amines) is 2. The molecule has 0 aromatic heterocycles. The van der Waals surface area contributed by atoms with Crippen molar-refractivity contribution in [3.05, 3.63) is 173 Å². The minimum atomic E-state index is -1.50. The Labute approximate surface area is 630 Å². The number of Topliss-reactive ketones (excluding diaryl/α,β-unsaturated/α-hetero) is 2. The Morgan fingerprint density at radius 3 is 1.75 bits per heavy atom. The highest BCUT2D eigenvalue weighted by molar-refractivity contribution is 5.99. The van der Waals surface area contributed by atoms with Crippen LogP contribution in [0.4, 0.5) is 0 Å². The number of hydrogen-bond acceptors (Lipinski definition) is 15. The van der Waals surface area contributed by atoms with Crippen LogP contribution in [0.25, 0.3) is 21.5 Å². The van der Waals surface area contributed by atoms with Gasteiger partial charge in [0.25, 0.3) is 5.91 Å². The molecule has 6 aliphatic heterocycles. The number of carbonyl (C=O) groups is 11. The number of carboxylic acid groups (broad SMARTS) is 2. The minimum absolute atomic E-state index is 0.00204. The summed E-state index contributed by atoms with van der Waals surface area (Å²) in [5.41, 5.74) is 1.49. The zero-order valence-electron chi connectivity index (χ0n) is 62.7. The topological polar surface area (TPSA) is 337 Å². The molecule has 7 amide bonds. The molecule has 24 heteroatoms. The fraction of sp³-hybridized carbons (Fsp3) is 0.464. The molecule has 6 heterocycles. The molecule has 2 saturated heterocycles. The van der Waals surface area contributed by atoms with E-state index in [0.717, 1.165) is 53.6 Å². The monoisotopic (exact) mass is 1480 g/mol. The highest BCUT2D eigenvalue weighted by Gasteiger charge is 2.48. The van der Waals surface area contributed by atoms with Crippen LogP contribution in [-0.2, 0) is 78.4 Å². The molecule has 1 saturated carbocycles. The summed E-state index contributed by atoms with van der Waals surface area (Å²) in [5.74, 6) is -9.20. The normalized spacial score (nSPS) is 23.4. The number of aliphatic carboxylic acids is 2. The molecule has 1 aliphatic carbocycles.